The molecule has 2 rings (SSSR count). The third-order valence-corrected chi connectivity index (χ3v) is 4.63. The third kappa shape index (κ3) is 3.96. The lowest BCUT2D eigenvalue weighted by Crippen LogP contribution is -1.99. The monoisotopic (exact) mass is 433 g/mol. The molecule has 2 aromatic carbocycles. The second-order valence-electron chi connectivity index (χ2n) is 4.19. The van der Waals surface area contributed by atoms with E-state index in [-0.39, 0.29) is 12.3 Å². The Morgan fingerprint density at radius 3 is 2.62 bits per heavy atom. The van der Waals surface area contributed by atoms with Gasteiger partial charge in [0, 0.05) is 17.5 Å². The van der Waals surface area contributed by atoms with Crippen LogP contribution in [0.1, 0.15) is 11.1 Å². The van der Waals surface area contributed by atoms with E-state index in [0.29, 0.717) is 21.7 Å². The predicted octanol–water partition coefficient (Wildman–Crippen LogP) is 5.44. The highest BCUT2D eigenvalue weighted by Crippen LogP contribution is 2.31. The van der Waals surface area contributed by atoms with Crippen molar-refractivity contribution in [2.45, 2.75) is 12.5 Å². The highest BCUT2D eigenvalue weighted by atomic mass is 79.9. The SMILES string of the molecule is O=[N+]([O-])c1cccc(COc2ccc(CCl)cc2Br)c1Br. The van der Waals surface area contributed by atoms with Crippen molar-refractivity contribution >= 4 is 49.1 Å². The number of alkyl halides is 1. The molecule has 0 atom stereocenters. The smallest absolute Gasteiger partial charge is 0.283 e. The maximum atomic E-state index is 10.9. The van der Waals surface area contributed by atoms with Crippen molar-refractivity contribution in [3.63, 3.8) is 0 Å². The molecule has 0 aliphatic rings. The summed E-state index contributed by atoms with van der Waals surface area (Å²) in [4.78, 5) is 10.5. The molecule has 0 heterocycles. The lowest BCUT2D eigenvalue weighted by Gasteiger charge is -2.10. The van der Waals surface area contributed by atoms with Gasteiger partial charge >= 0.3 is 0 Å². The van der Waals surface area contributed by atoms with Crippen LogP contribution < -0.4 is 4.74 Å². The van der Waals surface area contributed by atoms with Crippen molar-refractivity contribution in [3.05, 3.63) is 66.6 Å². The van der Waals surface area contributed by atoms with Crippen molar-refractivity contribution in [2.75, 3.05) is 0 Å². The first kappa shape index (κ1) is 16.3. The molecule has 0 aromatic heterocycles. The molecule has 0 saturated heterocycles. The molecule has 0 amide bonds. The van der Waals surface area contributed by atoms with Crippen LogP contribution >= 0.6 is 43.5 Å². The largest absolute Gasteiger partial charge is 0.488 e. The van der Waals surface area contributed by atoms with Crippen LogP contribution in [0.2, 0.25) is 0 Å². The molecule has 21 heavy (non-hydrogen) atoms. The second-order valence-corrected chi connectivity index (χ2v) is 6.11. The van der Waals surface area contributed by atoms with Gasteiger partial charge in [0.2, 0.25) is 0 Å². The highest BCUT2D eigenvalue weighted by Gasteiger charge is 2.15. The number of nitro groups is 1. The minimum absolute atomic E-state index is 0.0210. The Labute approximate surface area is 143 Å². The summed E-state index contributed by atoms with van der Waals surface area (Å²) in [6.07, 6.45) is 0. The van der Waals surface area contributed by atoms with Crippen LogP contribution in [-0.4, -0.2) is 4.92 Å². The summed E-state index contributed by atoms with van der Waals surface area (Å²) >= 11 is 12.4. The standard InChI is InChI=1S/C14H10Br2ClNO3/c15-11-6-9(7-17)4-5-13(11)21-8-10-2-1-3-12(14(10)16)18(19)20/h1-6H,7-8H2. The minimum atomic E-state index is -0.432. The van der Waals surface area contributed by atoms with Crippen LogP contribution in [-0.2, 0) is 12.5 Å². The Hall–Kier alpha value is -1.11. The van der Waals surface area contributed by atoms with E-state index in [4.69, 9.17) is 16.3 Å². The Morgan fingerprint density at radius 2 is 2.00 bits per heavy atom. The van der Waals surface area contributed by atoms with E-state index in [1.807, 2.05) is 18.2 Å². The Bertz CT molecular complexity index is 679. The molecule has 0 saturated carbocycles. The summed E-state index contributed by atoms with van der Waals surface area (Å²) < 4.78 is 6.92. The lowest BCUT2D eigenvalue weighted by molar-refractivity contribution is -0.385. The van der Waals surface area contributed by atoms with Crippen LogP contribution in [0.5, 0.6) is 5.75 Å². The number of halogens is 3. The van der Waals surface area contributed by atoms with E-state index >= 15 is 0 Å². The first-order chi connectivity index (χ1) is 10.0. The molecule has 2 aromatic rings. The summed E-state index contributed by atoms with van der Waals surface area (Å²) in [7, 11) is 0. The van der Waals surface area contributed by atoms with E-state index in [1.165, 1.54) is 6.07 Å². The molecule has 0 bridgehead atoms. The molecule has 0 fully saturated rings. The molecule has 110 valence electrons. The van der Waals surface area contributed by atoms with Gasteiger partial charge in [-0.15, -0.1) is 11.6 Å². The van der Waals surface area contributed by atoms with Crippen LogP contribution in [0, 0.1) is 10.1 Å². The van der Waals surface area contributed by atoms with Crippen LogP contribution in [0.25, 0.3) is 0 Å². The Kier molecular flexibility index (Phi) is 5.61. The van der Waals surface area contributed by atoms with Gasteiger partial charge in [-0.25, -0.2) is 0 Å². The van der Waals surface area contributed by atoms with E-state index < -0.39 is 4.92 Å². The first-order valence-electron chi connectivity index (χ1n) is 5.92. The van der Waals surface area contributed by atoms with Crippen molar-refractivity contribution in [1.29, 1.82) is 0 Å². The van der Waals surface area contributed by atoms with Crippen molar-refractivity contribution in [1.82, 2.24) is 0 Å². The number of nitro benzene ring substituents is 1. The summed E-state index contributed by atoms with van der Waals surface area (Å²) in [5.41, 5.74) is 1.71. The van der Waals surface area contributed by atoms with Crippen LogP contribution in [0.3, 0.4) is 0 Å². The van der Waals surface area contributed by atoms with Gasteiger partial charge in [-0.3, -0.25) is 10.1 Å². The summed E-state index contributed by atoms with van der Waals surface area (Å²) in [6.45, 7) is 0.223. The fraction of sp³-hybridized carbons (Fsp3) is 0.143. The molecule has 0 N–H and O–H groups in total. The summed E-state index contributed by atoms with van der Waals surface area (Å²) in [5, 5.41) is 10.9. The number of ether oxygens (including phenoxy) is 1. The summed E-state index contributed by atoms with van der Waals surface area (Å²) in [5.74, 6) is 1.08. The average Bonchev–Trinajstić information content (AvgIpc) is 2.46. The molecule has 4 nitrogen and oxygen atoms in total. The topological polar surface area (TPSA) is 52.4 Å². The maximum Gasteiger partial charge on any atom is 0.283 e. The Morgan fingerprint density at radius 1 is 1.24 bits per heavy atom. The molecule has 0 aliphatic heterocycles. The fourth-order valence-corrected chi connectivity index (χ4v) is 2.95. The predicted molar refractivity (Wildman–Crippen MR) is 88.8 cm³/mol. The zero-order valence-corrected chi connectivity index (χ0v) is 14.6. The van der Waals surface area contributed by atoms with E-state index in [2.05, 4.69) is 31.9 Å². The molecule has 7 heteroatoms. The summed E-state index contributed by atoms with van der Waals surface area (Å²) in [6, 6.07) is 10.4. The van der Waals surface area contributed by atoms with E-state index in [1.54, 1.807) is 12.1 Å². The molecule has 0 radical (unpaired) electrons. The van der Waals surface area contributed by atoms with E-state index in [9.17, 15) is 10.1 Å². The average molecular weight is 435 g/mol. The number of benzene rings is 2. The normalized spacial score (nSPS) is 10.4. The van der Waals surface area contributed by atoms with E-state index in [0.717, 1.165) is 10.0 Å². The van der Waals surface area contributed by atoms with Gasteiger partial charge in [0.25, 0.3) is 5.69 Å². The molecule has 0 aliphatic carbocycles. The third-order valence-electron chi connectivity index (χ3n) is 2.79. The number of hydrogen-bond acceptors (Lipinski definition) is 3. The zero-order valence-electron chi connectivity index (χ0n) is 10.7. The molecular weight excluding hydrogens is 425 g/mol. The van der Waals surface area contributed by atoms with Gasteiger partial charge in [0.15, 0.2) is 0 Å². The minimum Gasteiger partial charge on any atom is -0.488 e. The van der Waals surface area contributed by atoms with Gasteiger partial charge in [0.05, 0.1) is 9.40 Å². The van der Waals surface area contributed by atoms with Crippen molar-refractivity contribution in [2.24, 2.45) is 0 Å². The zero-order chi connectivity index (χ0) is 15.4. The fourth-order valence-electron chi connectivity index (χ4n) is 1.72. The lowest BCUT2D eigenvalue weighted by atomic mass is 10.2. The Balaban J connectivity index is 2.17. The van der Waals surface area contributed by atoms with Gasteiger partial charge < -0.3 is 4.74 Å². The highest BCUT2D eigenvalue weighted by molar-refractivity contribution is 9.11. The molecular formula is C14H10Br2ClNO3. The number of hydrogen-bond donors (Lipinski definition) is 0. The maximum absolute atomic E-state index is 10.9. The van der Waals surface area contributed by atoms with Gasteiger partial charge in [-0.2, -0.15) is 0 Å². The van der Waals surface area contributed by atoms with Crippen LogP contribution in [0.15, 0.2) is 45.3 Å². The van der Waals surface area contributed by atoms with Gasteiger partial charge in [-0.05, 0) is 49.6 Å². The van der Waals surface area contributed by atoms with Crippen LogP contribution in [0.4, 0.5) is 5.69 Å². The number of nitrogens with zero attached hydrogens (tertiary/aromatic N) is 1. The van der Waals surface area contributed by atoms with Gasteiger partial charge in [-0.1, -0.05) is 18.2 Å². The second kappa shape index (κ2) is 7.24. The molecule has 0 spiro atoms. The molecule has 0 unspecified atom stereocenters. The number of rotatable bonds is 5. The first-order valence-corrected chi connectivity index (χ1v) is 8.04. The van der Waals surface area contributed by atoms with Crippen molar-refractivity contribution < 1.29 is 9.66 Å². The van der Waals surface area contributed by atoms with Crippen molar-refractivity contribution in [3.8, 4) is 5.75 Å². The quantitative estimate of drug-likeness (QED) is 0.357. The van der Waals surface area contributed by atoms with Gasteiger partial charge in [0.1, 0.15) is 16.8 Å².